The Hall–Kier alpha value is -3.14. The molecule has 10 nitrogen and oxygen atoms in total. The molecule has 1 fully saturated rings. The van der Waals surface area contributed by atoms with Gasteiger partial charge in [0.05, 0.1) is 31.2 Å². The van der Waals surface area contributed by atoms with Crippen LogP contribution in [0.1, 0.15) is 49.9 Å². The number of likely N-dealkylation sites (N-methyl/N-ethyl adjacent to an activating group) is 1. The number of benzene rings is 1. The fourth-order valence-corrected chi connectivity index (χ4v) is 4.53. The summed E-state index contributed by atoms with van der Waals surface area (Å²) in [4.78, 5) is 55.7. The number of aliphatic hydroxyl groups is 1. The first kappa shape index (κ1) is 26.5. The predicted octanol–water partition coefficient (Wildman–Crippen LogP) is 0.540. The van der Waals surface area contributed by atoms with Gasteiger partial charge in [-0.15, -0.1) is 0 Å². The van der Waals surface area contributed by atoms with E-state index in [0.29, 0.717) is 25.1 Å². The zero-order valence-corrected chi connectivity index (χ0v) is 20.7. The van der Waals surface area contributed by atoms with E-state index in [0.717, 1.165) is 6.42 Å². The van der Waals surface area contributed by atoms with Crippen LogP contribution in [0.15, 0.2) is 24.3 Å². The number of rotatable bonds is 4. The number of hydrogen-bond acceptors (Lipinski definition) is 6. The molecule has 0 radical (unpaired) electrons. The maximum Gasteiger partial charge on any atom is 0.255 e. The Morgan fingerprint density at radius 3 is 2.63 bits per heavy atom. The molecule has 2 aliphatic rings. The Balaban J connectivity index is 1.93. The van der Waals surface area contributed by atoms with Crippen molar-refractivity contribution < 1.29 is 29.0 Å². The summed E-state index contributed by atoms with van der Waals surface area (Å²) >= 11 is 0. The third-order valence-corrected chi connectivity index (χ3v) is 6.40. The number of aliphatic hydroxyl groups excluding tert-OH is 1. The predicted molar refractivity (Wildman–Crippen MR) is 129 cm³/mol. The van der Waals surface area contributed by atoms with Crippen LogP contribution in [0.2, 0.25) is 0 Å². The highest BCUT2D eigenvalue weighted by Crippen LogP contribution is 2.21. The summed E-state index contributed by atoms with van der Waals surface area (Å²) in [5.41, 5.74) is 0.231. The first-order chi connectivity index (χ1) is 16.7. The van der Waals surface area contributed by atoms with Crippen molar-refractivity contribution in [2.45, 2.75) is 57.7 Å². The number of ether oxygens (including phenoxy) is 1. The van der Waals surface area contributed by atoms with Crippen molar-refractivity contribution >= 4 is 23.6 Å². The summed E-state index contributed by atoms with van der Waals surface area (Å²) in [5, 5.41) is 15.2. The number of nitrogens with one attached hydrogen (secondary N) is 2. The monoisotopic (exact) mass is 488 g/mol. The standard InChI is InChI=1S/C25H36N4O6/c1-16(2)13-19-24(33)28(3)11-12-35-21-9-5-4-8-18(21)23(32)27-20(14-22(31)26-19)25(34)29-10-6-7-17(29)15-30/h4-5,8-9,16-17,19-20,30H,6-7,10-15H2,1-3H3,(H,26,31)(H,27,32)/t17-,19+,20-/m0/s1. The number of carbonyl (C=O) groups is 4. The molecule has 1 saturated heterocycles. The van der Waals surface area contributed by atoms with E-state index in [1.807, 2.05) is 13.8 Å². The van der Waals surface area contributed by atoms with Crippen LogP contribution in [0.5, 0.6) is 5.75 Å². The van der Waals surface area contributed by atoms with Crippen LogP contribution in [0.4, 0.5) is 0 Å². The average molecular weight is 489 g/mol. The molecule has 0 saturated carbocycles. The van der Waals surface area contributed by atoms with Crippen molar-refractivity contribution in [1.29, 1.82) is 0 Å². The second kappa shape index (κ2) is 12.0. The van der Waals surface area contributed by atoms with Gasteiger partial charge in [0.15, 0.2) is 0 Å². The van der Waals surface area contributed by atoms with Crippen molar-refractivity contribution in [2.24, 2.45) is 5.92 Å². The summed E-state index contributed by atoms with van der Waals surface area (Å²) < 4.78 is 5.82. The molecule has 1 aromatic carbocycles. The third-order valence-electron chi connectivity index (χ3n) is 6.40. The highest BCUT2D eigenvalue weighted by atomic mass is 16.5. The average Bonchev–Trinajstić information content (AvgIpc) is 3.30. The van der Waals surface area contributed by atoms with Crippen LogP contribution in [-0.2, 0) is 14.4 Å². The zero-order chi connectivity index (χ0) is 25.5. The van der Waals surface area contributed by atoms with Gasteiger partial charge in [0.25, 0.3) is 5.91 Å². The lowest BCUT2D eigenvalue weighted by Gasteiger charge is -2.30. The van der Waals surface area contributed by atoms with Gasteiger partial charge in [-0.3, -0.25) is 19.2 Å². The number of para-hydroxylation sites is 1. The normalized spacial score (nSPS) is 24.4. The molecular formula is C25H36N4O6. The van der Waals surface area contributed by atoms with E-state index < -0.39 is 29.8 Å². The Labute approximate surface area is 206 Å². The summed E-state index contributed by atoms with van der Waals surface area (Å²) in [5.74, 6) is -1.24. The Morgan fingerprint density at radius 2 is 1.91 bits per heavy atom. The van der Waals surface area contributed by atoms with E-state index in [1.54, 1.807) is 31.3 Å². The number of hydrogen-bond donors (Lipinski definition) is 3. The van der Waals surface area contributed by atoms with Crippen LogP contribution in [-0.4, -0.2) is 90.0 Å². The zero-order valence-electron chi connectivity index (χ0n) is 20.7. The lowest BCUT2D eigenvalue weighted by Crippen LogP contribution is -2.54. The van der Waals surface area contributed by atoms with E-state index in [1.165, 1.54) is 9.80 Å². The Bertz CT molecular complexity index is 936. The van der Waals surface area contributed by atoms with Gasteiger partial charge >= 0.3 is 0 Å². The SMILES string of the molecule is CC(C)C[C@H]1NC(=O)C[C@@H](C(=O)N2CCC[C@H]2CO)NC(=O)c2ccccc2OCCN(C)C1=O. The molecule has 10 heteroatoms. The molecule has 3 rings (SSSR count). The quantitative estimate of drug-likeness (QED) is 0.568. The molecule has 1 aromatic rings. The van der Waals surface area contributed by atoms with E-state index in [2.05, 4.69) is 10.6 Å². The Kier molecular flexibility index (Phi) is 9.08. The van der Waals surface area contributed by atoms with Crippen molar-refractivity contribution in [3.8, 4) is 5.75 Å². The van der Waals surface area contributed by atoms with Crippen LogP contribution in [0, 0.1) is 5.92 Å². The maximum absolute atomic E-state index is 13.4. The second-order valence-electron chi connectivity index (χ2n) is 9.59. The van der Waals surface area contributed by atoms with Crippen molar-refractivity contribution in [1.82, 2.24) is 20.4 Å². The minimum atomic E-state index is -1.15. The summed E-state index contributed by atoms with van der Waals surface area (Å²) in [7, 11) is 1.64. The van der Waals surface area contributed by atoms with Gasteiger partial charge < -0.3 is 30.3 Å². The number of carbonyl (C=O) groups excluding carboxylic acids is 4. The molecule has 35 heavy (non-hydrogen) atoms. The lowest BCUT2D eigenvalue weighted by atomic mass is 10.0. The molecule has 3 N–H and O–H groups in total. The molecule has 0 spiro atoms. The maximum atomic E-state index is 13.4. The topological polar surface area (TPSA) is 128 Å². The van der Waals surface area contributed by atoms with Crippen LogP contribution in [0.3, 0.4) is 0 Å². The first-order valence-electron chi connectivity index (χ1n) is 12.2. The molecule has 2 aliphatic heterocycles. The van der Waals surface area contributed by atoms with Gasteiger partial charge in [-0.1, -0.05) is 26.0 Å². The largest absolute Gasteiger partial charge is 0.491 e. The van der Waals surface area contributed by atoms with E-state index in [9.17, 15) is 24.3 Å². The van der Waals surface area contributed by atoms with Crippen molar-refractivity contribution in [2.75, 3.05) is 33.4 Å². The molecule has 3 atom stereocenters. The molecule has 192 valence electrons. The number of amides is 4. The molecule has 4 amide bonds. The fourth-order valence-electron chi connectivity index (χ4n) is 4.53. The Morgan fingerprint density at radius 1 is 1.17 bits per heavy atom. The minimum absolute atomic E-state index is 0.145. The van der Waals surface area contributed by atoms with Gasteiger partial charge in [0.1, 0.15) is 24.4 Å². The second-order valence-corrected chi connectivity index (χ2v) is 9.59. The van der Waals surface area contributed by atoms with Crippen LogP contribution >= 0.6 is 0 Å². The van der Waals surface area contributed by atoms with Gasteiger partial charge in [0, 0.05) is 13.6 Å². The smallest absolute Gasteiger partial charge is 0.255 e. The molecule has 0 unspecified atom stereocenters. The lowest BCUT2D eigenvalue weighted by molar-refractivity contribution is -0.138. The first-order valence-corrected chi connectivity index (χ1v) is 12.2. The molecule has 2 heterocycles. The molecule has 0 aromatic heterocycles. The van der Waals surface area contributed by atoms with Crippen LogP contribution < -0.4 is 15.4 Å². The highest BCUT2D eigenvalue weighted by Gasteiger charge is 2.36. The summed E-state index contributed by atoms with van der Waals surface area (Å²) in [6.07, 6.45) is 1.50. The highest BCUT2D eigenvalue weighted by molar-refractivity contribution is 6.01. The molecular weight excluding hydrogens is 452 g/mol. The molecule has 0 bridgehead atoms. The van der Waals surface area contributed by atoms with Crippen LogP contribution in [0.25, 0.3) is 0 Å². The van der Waals surface area contributed by atoms with Gasteiger partial charge in [-0.2, -0.15) is 0 Å². The fraction of sp³-hybridized carbons (Fsp3) is 0.600. The van der Waals surface area contributed by atoms with E-state index in [4.69, 9.17) is 4.74 Å². The van der Waals surface area contributed by atoms with Gasteiger partial charge in [0.2, 0.25) is 17.7 Å². The van der Waals surface area contributed by atoms with Crippen molar-refractivity contribution in [3.63, 3.8) is 0 Å². The third kappa shape index (κ3) is 6.72. The van der Waals surface area contributed by atoms with E-state index >= 15 is 0 Å². The number of likely N-dealkylation sites (tertiary alicyclic amines) is 1. The summed E-state index contributed by atoms with van der Waals surface area (Å²) in [6, 6.07) is 4.38. The number of fused-ring (bicyclic) bond motifs is 1. The van der Waals surface area contributed by atoms with Gasteiger partial charge in [-0.05, 0) is 37.3 Å². The number of nitrogens with zero attached hydrogens (tertiary/aromatic N) is 2. The van der Waals surface area contributed by atoms with Crippen molar-refractivity contribution in [3.05, 3.63) is 29.8 Å². The van der Waals surface area contributed by atoms with Gasteiger partial charge in [-0.25, -0.2) is 0 Å². The summed E-state index contributed by atoms with van der Waals surface area (Å²) in [6.45, 7) is 4.60. The van der Waals surface area contributed by atoms with E-state index in [-0.39, 0.29) is 49.6 Å². The minimum Gasteiger partial charge on any atom is -0.491 e. The molecule has 0 aliphatic carbocycles.